The summed E-state index contributed by atoms with van der Waals surface area (Å²) in [6.45, 7) is 26.5. The van der Waals surface area contributed by atoms with Crippen LogP contribution in [0.2, 0.25) is 0 Å². The SMILES string of the molecule is C=Cc1ccccc1.C=Cc1ccccc1.C=Cc1ccccc1.CCCC(COCC)COCC.CCCCCOCC. The molecule has 0 amide bonds. The van der Waals surface area contributed by atoms with E-state index < -0.39 is 0 Å². The van der Waals surface area contributed by atoms with Gasteiger partial charge in [-0.2, -0.15) is 0 Å². The zero-order valence-corrected chi connectivity index (χ0v) is 28.6. The molecular weight excluding hydrogens is 540 g/mol. The molecule has 3 heteroatoms. The van der Waals surface area contributed by atoms with E-state index in [1.54, 1.807) is 0 Å². The smallest absolute Gasteiger partial charge is 0.0516 e. The summed E-state index contributed by atoms with van der Waals surface area (Å²) < 4.78 is 15.9. The summed E-state index contributed by atoms with van der Waals surface area (Å²) in [4.78, 5) is 0. The maximum Gasteiger partial charge on any atom is 0.0516 e. The zero-order valence-electron chi connectivity index (χ0n) is 28.6. The van der Waals surface area contributed by atoms with Gasteiger partial charge in [0.05, 0.1) is 13.2 Å². The van der Waals surface area contributed by atoms with Gasteiger partial charge in [-0.15, -0.1) is 0 Å². The van der Waals surface area contributed by atoms with Crippen molar-refractivity contribution in [1.82, 2.24) is 0 Å². The second kappa shape index (κ2) is 36.0. The molecule has 3 aromatic carbocycles. The standard InChI is InChI=1S/C10H22O2.3C8H8.C7H16O/c1-4-7-10(8-11-5-2)9-12-6-3;3*1-2-8-6-4-3-5-7-8;1-3-5-6-7-8-4-2/h10H,4-9H2,1-3H3;3*2-7H,1H2;3-7H2,1-2H3. The van der Waals surface area contributed by atoms with Crippen molar-refractivity contribution in [2.75, 3.05) is 39.6 Å². The first kappa shape index (κ1) is 42.9. The molecular formula is C41H62O3. The summed E-state index contributed by atoms with van der Waals surface area (Å²) in [5.74, 6) is 0.592. The van der Waals surface area contributed by atoms with Crippen molar-refractivity contribution in [3.63, 3.8) is 0 Å². The lowest BCUT2D eigenvalue weighted by atomic mass is 10.1. The molecule has 0 aliphatic carbocycles. The Labute approximate surface area is 271 Å². The molecule has 0 aromatic heterocycles. The fourth-order valence-electron chi connectivity index (χ4n) is 3.56. The minimum absolute atomic E-state index is 0.592. The van der Waals surface area contributed by atoms with Gasteiger partial charge in [-0.1, -0.05) is 162 Å². The highest BCUT2D eigenvalue weighted by molar-refractivity contribution is 5.46. The molecule has 3 aromatic rings. The molecule has 44 heavy (non-hydrogen) atoms. The highest BCUT2D eigenvalue weighted by atomic mass is 16.5. The number of unbranched alkanes of at least 4 members (excludes halogenated alkanes) is 2. The molecule has 3 nitrogen and oxygen atoms in total. The molecule has 0 bridgehead atoms. The van der Waals surface area contributed by atoms with Gasteiger partial charge in [-0.05, 0) is 50.3 Å². The van der Waals surface area contributed by atoms with Gasteiger partial charge in [0, 0.05) is 32.3 Å². The van der Waals surface area contributed by atoms with E-state index in [2.05, 4.69) is 33.6 Å². The second-order valence-electron chi connectivity index (χ2n) is 9.72. The fourth-order valence-corrected chi connectivity index (χ4v) is 3.56. The first-order valence-electron chi connectivity index (χ1n) is 16.3. The molecule has 3 rings (SSSR count). The van der Waals surface area contributed by atoms with E-state index in [9.17, 15) is 0 Å². The molecule has 0 saturated carbocycles. The lowest BCUT2D eigenvalue weighted by Crippen LogP contribution is -2.16. The molecule has 0 heterocycles. The summed E-state index contributed by atoms with van der Waals surface area (Å²) >= 11 is 0. The van der Waals surface area contributed by atoms with Crippen LogP contribution in [0.1, 0.15) is 83.4 Å². The minimum atomic E-state index is 0.592. The van der Waals surface area contributed by atoms with Gasteiger partial charge in [-0.25, -0.2) is 0 Å². The molecule has 0 aliphatic rings. The molecule has 0 aliphatic heterocycles. The van der Waals surface area contributed by atoms with Crippen LogP contribution in [0.3, 0.4) is 0 Å². The maximum absolute atomic E-state index is 5.37. The Hall–Kier alpha value is -3.24. The number of benzene rings is 3. The fraction of sp³-hybridized carbons (Fsp3) is 0.415. The molecule has 244 valence electrons. The summed E-state index contributed by atoms with van der Waals surface area (Å²) in [6, 6.07) is 30.1. The molecule has 0 radical (unpaired) electrons. The van der Waals surface area contributed by atoms with Gasteiger partial charge < -0.3 is 14.2 Å². The number of hydrogen-bond acceptors (Lipinski definition) is 3. The van der Waals surface area contributed by atoms with E-state index >= 15 is 0 Å². The van der Waals surface area contributed by atoms with Crippen LogP contribution in [-0.4, -0.2) is 39.6 Å². The maximum atomic E-state index is 5.37. The van der Waals surface area contributed by atoms with Crippen molar-refractivity contribution in [3.05, 3.63) is 127 Å². The Kier molecular flexibility index (Phi) is 35.0. The normalized spacial score (nSPS) is 9.41. The second-order valence-corrected chi connectivity index (χ2v) is 9.72. The number of ether oxygens (including phenoxy) is 3. The zero-order chi connectivity index (χ0) is 32.9. The van der Waals surface area contributed by atoms with Crippen LogP contribution in [0.25, 0.3) is 18.2 Å². The average Bonchev–Trinajstić information content (AvgIpc) is 3.10. The van der Waals surface area contributed by atoms with Gasteiger partial charge in [0.2, 0.25) is 0 Å². The van der Waals surface area contributed by atoms with Crippen molar-refractivity contribution in [1.29, 1.82) is 0 Å². The van der Waals surface area contributed by atoms with Gasteiger partial charge >= 0.3 is 0 Å². The predicted molar refractivity (Wildman–Crippen MR) is 197 cm³/mol. The van der Waals surface area contributed by atoms with Crippen LogP contribution in [0.5, 0.6) is 0 Å². The van der Waals surface area contributed by atoms with Crippen LogP contribution in [0, 0.1) is 5.92 Å². The van der Waals surface area contributed by atoms with Crippen molar-refractivity contribution < 1.29 is 14.2 Å². The summed E-state index contributed by atoms with van der Waals surface area (Å²) in [6.07, 6.45) is 11.7. The largest absolute Gasteiger partial charge is 0.382 e. The van der Waals surface area contributed by atoms with Crippen LogP contribution in [0.15, 0.2) is 111 Å². The molecule has 0 unspecified atom stereocenters. The van der Waals surface area contributed by atoms with Crippen LogP contribution in [-0.2, 0) is 14.2 Å². The molecule has 0 fully saturated rings. The Morgan fingerprint density at radius 2 is 0.864 bits per heavy atom. The van der Waals surface area contributed by atoms with E-state index in [1.807, 2.05) is 130 Å². The molecule has 0 spiro atoms. The minimum Gasteiger partial charge on any atom is -0.382 e. The van der Waals surface area contributed by atoms with E-state index in [4.69, 9.17) is 14.2 Å². The Bertz CT molecular complexity index is 853. The third-order valence-electron chi connectivity index (χ3n) is 6.01. The van der Waals surface area contributed by atoms with Crippen molar-refractivity contribution in [3.8, 4) is 0 Å². The van der Waals surface area contributed by atoms with Crippen LogP contribution >= 0.6 is 0 Å². The Morgan fingerprint density at radius 1 is 0.500 bits per heavy atom. The monoisotopic (exact) mass is 602 g/mol. The quantitative estimate of drug-likeness (QED) is 0.153. The summed E-state index contributed by atoms with van der Waals surface area (Å²) in [7, 11) is 0. The summed E-state index contributed by atoms with van der Waals surface area (Å²) in [5.41, 5.74) is 3.52. The van der Waals surface area contributed by atoms with Gasteiger partial charge in [0.25, 0.3) is 0 Å². The lowest BCUT2D eigenvalue weighted by molar-refractivity contribution is 0.0445. The average molecular weight is 603 g/mol. The Balaban J connectivity index is 0. The molecule has 0 N–H and O–H groups in total. The van der Waals surface area contributed by atoms with E-state index in [0.29, 0.717) is 5.92 Å². The third kappa shape index (κ3) is 30.2. The van der Waals surface area contributed by atoms with Gasteiger partial charge in [0.15, 0.2) is 0 Å². The van der Waals surface area contributed by atoms with E-state index in [0.717, 1.165) is 39.6 Å². The van der Waals surface area contributed by atoms with E-state index in [-0.39, 0.29) is 0 Å². The molecule has 0 atom stereocenters. The highest BCUT2D eigenvalue weighted by Crippen LogP contribution is 2.07. The molecule has 0 saturated heterocycles. The third-order valence-corrected chi connectivity index (χ3v) is 6.01. The van der Waals surface area contributed by atoms with E-state index in [1.165, 1.54) is 48.8 Å². The van der Waals surface area contributed by atoms with Crippen molar-refractivity contribution in [2.24, 2.45) is 5.92 Å². The van der Waals surface area contributed by atoms with Crippen molar-refractivity contribution >= 4 is 18.2 Å². The first-order valence-corrected chi connectivity index (χ1v) is 16.3. The summed E-state index contributed by atoms with van der Waals surface area (Å²) in [5, 5.41) is 0. The van der Waals surface area contributed by atoms with Crippen LogP contribution < -0.4 is 0 Å². The topological polar surface area (TPSA) is 27.7 Å². The Morgan fingerprint density at radius 3 is 1.11 bits per heavy atom. The van der Waals surface area contributed by atoms with Gasteiger partial charge in [-0.3, -0.25) is 0 Å². The highest BCUT2D eigenvalue weighted by Gasteiger charge is 2.06. The van der Waals surface area contributed by atoms with Crippen molar-refractivity contribution in [2.45, 2.75) is 66.7 Å². The first-order chi connectivity index (χ1) is 21.6. The number of rotatable bonds is 16. The predicted octanol–water partition coefficient (Wildman–Crippen LogP) is 11.7. The van der Waals surface area contributed by atoms with Crippen LogP contribution in [0.4, 0.5) is 0 Å². The lowest BCUT2D eigenvalue weighted by Gasteiger charge is -2.15. The van der Waals surface area contributed by atoms with Gasteiger partial charge in [0.1, 0.15) is 0 Å². The number of hydrogen-bond donors (Lipinski definition) is 0.